The Kier molecular flexibility index (Phi) is 4.94. The third-order valence-corrected chi connectivity index (χ3v) is 8.22. The van der Waals surface area contributed by atoms with E-state index in [1.165, 1.54) is 6.07 Å². The number of sulfonamides is 1. The number of hydrogen-bond donors (Lipinski definition) is 2. The molecular formula is C21H19NO5S2. The fourth-order valence-electron chi connectivity index (χ4n) is 3.41. The Morgan fingerprint density at radius 2 is 1.79 bits per heavy atom. The van der Waals surface area contributed by atoms with Crippen LogP contribution in [-0.2, 0) is 14.8 Å². The van der Waals surface area contributed by atoms with Gasteiger partial charge in [0.2, 0.25) is 0 Å². The van der Waals surface area contributed by atoms with Crippen molar-refractivity contribution in [3.05, 3.63) is 72.3 Å². The number of benzene rings is 2. The van der Waals surface area contributed by atoms with E-state index in [0.29, 0.717) is 5.75 Å². The quantitative estimate of drug-likeness (QED) is 0.597. The second-order valence-corrected chi connectivity index (χ2v) is 9.89. The molecule has 0 radical (unpaired) electrons. The average molecular weight is 430 g/mol. The number of carboxylic acid groups (broad SMARTS) is 1. The molecule has 4 rings (SSSR count). The highest BCUT2D eigenvalue weighted by molar-refractivity contribution is 7.91. The van der Waals surface area contributed by atoms with Crippen molar-refractivity contribution in [1.82, 2.24) is 4.72 Å². The van der Waals surface area contributed by atoms with E-state index in [1.54, 1.807) is 25.3 Å². The van der Waals surface area contributed by atoms with Crippen LogP contribution in [0.5, 0.6) is 5.75 Å². The van der Waals surface area contributed by atoms with Gasteiger partial charge in [-0.3, -0.25) is 4.79 Å². The molecule has 8 heteroatoms. The maximum absolute atomic E-state index is 12.9. The number of carbonyl (C=O) groups is 1. The zero-order valence-electron chi connectivity index (χ0n) is 15.5. The highest BCUT2D eigenvalue weighted by atomic mass is 32.2. The molecule has 0 saturated heterocycles. The van der Waals surface area contributed by atoms with E-state index in [9.17, 15) is 18.3 Å². The van der Waals surface area contributed by atoms with Gasteiger partial charge >= 0.3 is 5.97 Å². The zero-order chi connectivity index (χ0) is 20.6. The Morgan fingerprint density at radius 1 is 1.10 bits per heavy atom. The maximum atomic E-state index is 12.9. The molecule has 2 unspecified atom stereocenters. The molecule has 3 aromatic rings. The first-order chi connectivity index (χ1) is 13.9. The molecule has 29 heavy (non-hydrogen) atoms. The molecule has 0 bridgehead atoms. The number of nitrogens with one attached hydrogen (secondary N) is 1. The van der Waals surface area contributed by atoms with Crippen LogP contribution >= 0.6 is 11.3 Å². The molecule has 0 amide bonds. The lowest BCUT2D eigenvalue weighted by Gasteiger charge is -2.14. The van der Waals surface area contributed by atoms with Crippen molar-refractivity contribution >= 4 is 27.3 Å². The minimum absolute atomic E-state index is 0.0858. The predicted molar refractivity (Wildman–Crippen MR) is 111 cm³/mol. The van der Waals surface area contributed by atoms with E-state index in [0.717, 1.165) is 27.3 Å². The van der Waals surface area contributed by atoms with Gasteiger partial charge in [-0.05, 0) is 53.9 Å². The fourth-order valence-corrected chi connectivity index (χ4v) is 6.12. The van der Waals surface area contributed by atoms with Crippen molar-refractivity contribution in [2.75, 3.05) is 7.11 Å². The third kappa shape index (κ3) is 3.66. The first kappa shape index (κ1) is 19.6. The summed E-state index contributed by atoms with van der Waals surface area (Å²) < 4.78 is 33.5. The minimum atomic E-state index is -3.98. The first-order valence-corrected chi connectivity index (χ1v) is 11.2. The number of ether oxygens (including phenoxy) is 1. The number of carboxylic acids is 1. The first-order valence-electron chi connectivity index (χ1n) is 8.92. The standard InChI is InChI=1S/C21H19NO5S2/c1-27-16-9-7-15(8-10-16)18-11-12-19(28-18)29(25,26)22-21(20(23)24)13-17(21)14-5-3-2-4-6-14/h2-12,17,22H,13H2,1H3,(H,23,24). The smallest absolute Gasteiger partial charge is 0.325 e. The van der Waals surface area contributed by atoms with Crippen LogP contribution in [-0.4, -0.2) is 32.1 Å². The van der Waals surface area contributed by atoms with Gasteiger partial charge in [0.05, 0.1) is 7.11 Å². The van der Waals surface area contributed by atoms with Gasteiger partial charge in [-0.1, -0.05) is 30.3 Å². The van der Waals surface area contributed by atoms with Crippen LogP contribution in [0.2, 0.25) is 0 Å². The van der Waals surface area contributed by atoms with E-state index >= 15 is 0 Å². The second kappa shape index (κ2) is 7.29. The van der Waals surface area contributed by atoms with Gasteiger partial charge in [-0.25, -0.2) is 8.42 Å². The van der Waals surface area contributed by atoms with Crippen molar-refractivity contribution in [2.24, 2.45) is 0 Å². The van der Waals surface area contributed by atoms with Gasteiger partial charge in [-0.15, -0.1) is 11.3 Å². The van der Waals surface area contributed by atoms with Crippen LogP contribution in [0.15, 0.2) is 70.9 Å². The predicted octanol–water partition coefficient (Wildman–Crippen LogP) is 3.71. The van der Waals surface area contributed by atoms with E-state index < -0.39 is 27.4 Å². The van der Waals surface area contributed by atoms with Crippen LogP contribution in [0.3, 0.4) is 0 Å². The fraction of sp³-hybridized carbons (Fsp3) is 0.190. The molecule has 6 nitrogen and oxygen atoms in total. The summed E-state index contributed by atoms with van der Waals surface area (Å²) in [6.07, 6.45) is 0.224. The molecule has 0 aliphatic heterocycles. The summed E-state index contributed by atoms with van der Waals surface area (Å²) in [5.41, 5.74) is 0.159. The van der Waals surface area contributed by atoms with E-state index in [1.807, 2.05) is 42.5 Å². The molecule has 1 heterocycles. The second-order valence-electron chi connectivity index (χ2n) is 6.90. The summed E-state index contributed by atoms with van der Waals surface area (Å²) in [4.78, 5) is 12.7. The van der Waals surface area contributed by atoms with Crippen LogP contribution in [0.25, 0.3) is 10.4 Å². The molecule has 150 valence electrons. The van der Waals surface area contributed by atoms with Crippen LogP contribution in [0.4, 0.5) is 0 Å². The minimum Gasteiger partial charge on any atom is -0.497 e. The maximum Gasteiger partial charge on any atom is 0.325 e. The largest absolute Gasteiger partial charge is 0.497 e. The van der Waals surface area contributed by atoms with Crippen molar-refractivity contribution in [3.63, 3.8) is 0 Å². The monoisotopic (exact) mass is 429 g/mol. The lowest BCUT2D eigenvalue weighted by Crippen LogP contribution is -2.44. The highest BCUT2D eigenvalue weighted by Gasteiger charge is 2.63. The van der Waals surface area contributed by atoms with Crippen molar-refractivity contribution in [3.8, 4) is 16.2 Å². The highest BCUT2D eigenvalue weighted by Crippen LogP contribution is 2.52. The lowest BCUT2D eigenvalue weighted by molar-refractivity contribution is -0.140. The van der Waals surface area contributed by atoms with E-state index in [-0.39, 0.29) is 10.6 Å². The van der Waals surface area contributed by atoms with Crippen molar-refractivity contribution in [1.29, 1.82) is 0 Å². The summed E-state index contributed by atoms with van der Waals surface area (Å²) >= 11 is 1.10. The number of aliphatic carboxylic acids is 1. The Bertz CT molecular complexity index is 1140. The average Bonchev–Trinajstić information content (AvgIpc) is 3.22. The molecule has 1 fully saturated rings. The number of methoxy groups -OCH3 is 1. The molecule has 2 N–H and O–H groups in total. The summed E-state index contributed by atoms with van der Waals surface area (Å²) in [7, 11) is -2.40. The molecule has 2 atom stereocenters. The summed E-state index contributed by atoms with van der Waals surface area (Å²) in [5.74, 6) is -0.845. The SMILES string of the molecule is COc1ccc(-c2ccc(S(=O)(=O)NC3(C(=O)O)CC3c3ccccc3)s2)cc1. The van der Waals surface area contributed by atoms with Crippen molar-refractivity contribution < 1.29 is 23.1 Å². The molecule has 1 aliphatic carbocycles. The van der Waals surface area contributed by atoms with Gasteiger partial charge in [0.25, 0.3) is 10.0 Å². The van der Waals surface area contributed by atoms with Gasteiger partial charge in [0.1, 0.15) is 15.5 Å². The number of thiophene rings is 1. The summed E-state index contributed by atoms with van der Waals surface area (Å²) in [6.45, 7) is 0. The topological polar surface area (TPSA) is 92.7 Å². The Hall–Kier alpha value is -2.68. The summed E-state index contributed by atoms with van der Waals surface area (Å²) in [6, 6.07) is 19.6. The van der Waals surface area contributed by atoms with Gasteiger partial charge in [0, 0.05) is 10.8 Å². The van der Waals surface area contributed by atoms with Gasteiger partial charge in [0.15, 0.2) is 0 Å². The van der Waals surface area contributed by atoms with Gasteiger partial charge in [-0.2, -0.15) is 4.72 Å². The molecular weight excluding hydrogens is 410 g/mol. The number of hydrogen-bond acceptors (Lipinski definition) is 5. The zero-order valence-corrected chi connectivity index (χ0v) is 17.2. The molecule has 0 spiro atoms. The Labute approximate surface area is 172 Å². The molecule has 1 aliphatic rings. The molecule has 1 aromatic heterocycles. The lowest BCUT2D eigenvalue weighted by atomic mass is 10.1. The number of rotatable bonds is 7. The Balaban J connectivity index is 1.59. The van der Waals surface area contributed by atoms with Crippen LogP contribution < -0.4 is 9.46 Å². The van der Waals surface area contributed by atoms with Crippen molar-refractivity contribution in [2.45, 2.75) is 22.1 Å². The van der Waals surface area contributed by atoms with E-state index in [4.69, 9.17) is 4.74 Å². The van der Waals surface area contributed by atoms with Crippen LogP contribution in [0.1, 0.15) is 17.9 Å². The van der Waals surface area contributed by atoms with Crippen LogP contribution in [0, 0.1) is 0 Å². The van der Waals surface area contributed by atoms with E-state index in [2.05, 4.69) is 4.72 Å². The normalized spacial score (nSPS) is 20.9. The summed E-state index contributed by atoms with van der Waals surface area (Å²) in [5, 5.41) is 9.74. The molecule has 2 aromatic carbocycles. The third-order valence-electron chi connectivity index (χ3n) is 5.08. The molecule has 1 saturated carbocycles. The van der Waals surface area contributed by atoms with Gasteiger partial charge < -0.3 is 9.84 Å². The Morgan fingerprint density at radius 3 is 2.41 bits per heavy atom.